The lowest BCUT2D eigenvalue weighted by Gasteiger charge is -2.23. The Labute approximate surface area is 152 Å². The van der Waals surface area contributed by atoms with Crippen LogP contribution in [0.2, 0.25) is 0 Å². The Bertz CT molecular complexity index is 684. The van der Waals surface area contributed by atoms with Crippen molar-refractivity contribution in [2.45, 2.75) is 38.1 Å². The number of anilines is 1. The van der Waals surface area contributed by atoms with E-state index in [9.17, 15) is 14.4 Å². The number of nitrogens with zero attached hydrogens (tertiary/aromatic N) is 1. The number of carbonyl (C=O) groups excluding carboxylic acids is 3. The largest absolute Gasteiger partial charge is 0.495 e. The molecule has 2 amide bonds. The average molecular weight is 360 g/mol. The van der Waals surface area contributed by atoms with Gasteiger partial charge in [0.25, 0.3) is 5.91 Å². The molecular formula is C19H24N2O5. The average Bonchev–Trinajstić information content (AvgIpc) is 3.29. The molecule has 26 heavy (non-hydrogen) atoms. The number of methoxy groups -OCH3 is 1. The molecule has 2 fully saturated rings. The summed E-state index contributed by atoms with van der Waals surface area (Å²) in [6.45, 7) is 0.0153. The van der Waals surface area contributed by atoms with Crippen molar-refractivity contribution < 1.29 is 23.9 Å². The highest BCUT2D eigenvalue weighted by Crippen LogP contribution is 2.30. The maximum absolute atomic E-state index is 12.2. The van der Waals surface area contributed by atoms with Crippen molar-refractivity contribution in [3.05, 3.63) is 24.3 Å². The highest BCUT2D eigenvalue weighted by atomic mass is 16.5. The summed E-state index contributed by atoms with van der Waals surface area (Å²) in [5.74, 6) is -0.880. The standard InChI is InChI=1S/C19H24N2O5/c1-25-16-9-5-4-8-15(16)20-17(22)12-26-19(24)13-10-18(23)21(11-13)14-6-2-3-7-14/h4-5,8-9,13-14H,2-3,6-7,10-12H2,1H3,(H,20,22)/t13-/m0/s1. The number of ether oxygens (including phenoxy) is 2. The van der Waals surface area contributed by atoms with E-state index in [1.54, 1.807) is 24.3 Å². The molecule has 0 unspecified atom stereocenters. The van der Waals surface area contributed by atoms with Crippen molar-refractivity contribution in [3.8, 4) is 5.75 Å². The Balaban J connectivity index is 1.48. The molecule has 1 saturated carbocycles. The summed E-state index contributed by atoms with van der Waals surface area (Å²) in [6.07, 6.45) is 4.45. The Morgan fingerprint density at radius 2 is 1.96 bits per heavy atom. The van der Waals surface area contributed by atoms with Crippen LogP contribution in [0.3, 0.4) is 0 Å². The second-order valence-corrected chi connectivity index (χ2v) is 6.74. The lowest BCUT2D eigenvalue weighted by molar-refractivity contribution is -0.151. The van der Waals surface area contributed by atoms with Crippen LogP contribution in [0.4, 0.5) is 5.69 Å². The maximum Gasteiger partial charge on any atom is 0.311 e. The number of hydrogen-bond acceptors (Lipinski definition) is 5. The van der Waals surface area contributed by atoms with Gasteiger partial charge in [0.15, 0.2) is 6.61 Å². The molecule has 1 heterocycles. The van der Waals surface area contributed by atoms with Gasteiger partial charge in [-0.1, -0.05) is 25.0 Å². The molecule has 0 spiro atoms. The van der Waals surface area contributed by atoms with Crippen LogP contribution < -0.4 is 10.1 Å². The fourth-order valence-electron chi connectivity index (χ4n) is 3.65. The number of likely N-dealkylation sites (tertiary alicyclic amines) is 1. The molecule has 3 rings (SSSR count). The van der Waals surface area contributed by atoms with Crippen molar-refractivity contribution in [1.29, 1.82) is 0 Å². The summed E-state index contributed by atoms with van der Waals surface area (Å²) >= 11 is 0. The van der Waals surface area contributed by atoms with Crippen LogP contribution in [0.5, 0.6) is 5.75 Å². The fourth-order valence-corrected chi connectivity index (χ4v) is 3.65. The number of benzene rings is 1. The lowest BCUT2D eigenvalue weighted by Crippen LogP contribution is -2.35. The van der Waals surface area contributed by atoms with Gasteiger partial charge in [-0.05, 0) is 25.0 Å². The van der Waals surface area contributed by atoms with Crippen LogP contribution in [-0.4, -0.2) is 49.0 Å². The molecule has 1 aromatic carbocycles. The van der Waals surface area contributed by atoms with E-state index in [0.717, 1.165) is 25.7 Å². The highest BCUT2D eigenvalue weighted by Gasteiger charge is 2.39. The van der Waals surface area contributed by atoms with Crippen LogP contribution in [0, 0.1) is 5.92 Å². The maximum atomic E-state index is 12.2. The normalized spacial score (nSPS) is 20.3. The molecule has 1 saturated heterocycles. The number of esters is 1. The third-order valence-corrected chi connectivity index (χ3v) is 4.98. The first-order valence-electron chi connectivity index (χ1n) is 8.97. The monoisotopic (exact) mass is 360 g/mol. The van der Waals surface area contributed by atoms with Gasteiger partial charge in [0.05, 0.1) is 18.7 Å². The zero-order chi connectivity index (χ0) is 18.5. The van der Waals surface area contributed by atoms with Gasteiger partial charge in [-0.2, -0.15) is 0 Å². The molecule has 1 atom stereocenters. The van der Waals surface area contributed by atoms with Crippen molar-refractivity contribution >= 4 is 23.5 Å². The first kappa shape index (κ1) is 18.2. The molecule has 7 nitrogen and oxygen atoms in total. The SMILES string of the molecule is COc1ccccc1NC(=O)COC(=O)[C@H]1CC(=O)N(C2CCCC2)C1. The summed E-state index contributed by atoms with van der Waals surface area (Å²) in [5, 5.41) is 2.65. The van der Waals surface area contributed by atoms with Crippen LogP contribution in [0.25, 0.3) is 0 Å². The number of rotatable bonds is 6. The van der Waals surface area contributed by atoms with Gasteiger partial charge < -0.3 is 19.7 Å². The van der Waals surface area contributed by atoms with Crippen molar-refractivity contribution in [2.24, 2.45) is 5.92 Å². The summed E-state index contributed by atoms with van der Waals surface area (Å²) in [7, 11) is 1.51. The second-order valence-electron chi connectivity index (χ2n) is 6.74. The number of hydrogen-bond donors (Lipinski definition) is 1. The minimum atomic E-state index is -0.492. The Morgan fingerprint density at radius 1 is 1.23 bits per heavy atom. The number of amides is 2. The van der Waals surface area contributed by atoms with E-state index in [2.05, 4.69) is 5.32 Å². The van der Waals surface area contributed by atoms with Crippen LogP contribution in [-0.2, 0) is 19.1 Å². The third kappa shape index (κ3) is 4.15. The number of nitrogens with one attached hydrogen (secondary N) is 1. The first-order chi connectivity index (χ1) is 12.6. The summed E-state index contributed by atoms with van der Waals surface area (Å²) < 4.78 is 10.3. The fraction of sp³-hybridized carbons (Fsp3) is 0.526. The third-order valence-electron chi connectivity index (χ3n) is 4.98. The highest BCUT2D eigenvalue weighted by molar-refractivity contribution is 5.94. The molecule has 7 heteroatoms. The summed E-state index contributed by atoms with van der Waals surface area (Å²) in [6, 6.07) is 7.25. The second kappa shape index (κ2) is 8.21. The molecule has 0 bridgehead atoms. The molecule has 1 N–H and O–H groups in total. The zero-order valence-electron chi connectivity index (χ0n) is 14.9. The Hall–Kier alpha value is -2.57. The topological polar surface area (TPSA) is 84.9 Å². The van der Waals surface area contributed by atoms with Crippen molar-refractivity contribution in [2.75, 3.05) is 25.6 Å². The van der Waals surface area contributed by atoms with E-state index in [-0.39, 0.29) is 25.0 Å². The quantitative estimate of drug-likeness (QED) is 0.784. The molecule has 0 aromatic heterocycles. The molecular weight excluding hydrogens is 336 g/mol. The van der Waals surface area contributed by atoms with Gasteiger partial charge >= 0.3 is 5.97 Å². The van der Waals surface area contributed by atoms with Crippen molar-refractivity contribution in [3.63, 3.8) is 0 Å². The lowest BCUT2D eigenvalue weighted by atomic mass is 10.1. The molecule has 140 valence electrons. The minimum Gasteiger partial charge on any atom is -0.495 e. The molecule has 2 aliphatic rings. The van der Waals surface area contributed by atoms with E-state index in [1.807, 2.05) is 4.90 Å². The summed E-state index contributed by atoms with van der Waals surface area (Å²) in [5.41, 5.74) is 0.513. The number of carbonyl (C=O) groups is 3. The Morgan fingerprint density at radius 3 is 2.69 bits per heavy atom. The molecule has 1 aliphatic heterocycles. The molecule has 1 aliphatic carbocycles. The van der Waals surface area contributed by atoms with E-state index < -0.39 is 17.8 Å². The Kier molecular flexibility index (Phi) is 5.75. The van der Waals surface area contributed by atoms with E-state index in [4.69, 9.17) is 9.47 Å². The summed E-state index contributed by atoms with van der Waals surface area (Å²) in [4.78, 5) is 38.2. The molecule has 0 radical (unpaired) electrons. The molecule has 1 aromatic rings. The van der Waals surface area contributed by atoms with Crippen LogP contribution in [0.1, 0.15) is 32.1 Å². The van der Waals surface area contributed by atoms with Gasteiger partial charge in [0, 0.05) is 19.0 Å². The van der Waals surface area contributed by atoms with Crippen LogP contribution in [0.15, 0.2) is 24.3 Å². The smallest absolute Gasteiger partial charge is 0.311 e. The van der Waals surface area contributed by atoms with Crippen LogP contribution >= 0.6 is 0 Å². The van der Waals surface area contributed by atoms with E-state index in [1.165, 1.54) is 7.11 Å². The predicted molar refractivity (Wildman–Crippen MR) is 94.7 cm³/mol. The number of para-hydroxylation sites is 2. The zero-order valence-corrected chi connectivity index (χ0v) is 14.9. The van der Waals surface area contributed by atoms with E-state index >= 15 is 0 Å². The van der Waals surface area contributed by atoms with E-state index in [0.29, 0.717) is 18.0 Å². The first-order valence-corrected chi connectivity index (χ1v) is 8.97. The van der Waals surface area contributed by atoms with Gasteiger partial charge in [-0.3, -0.25) is 14.4 Å². The minimum absolute atomic E-state index is 0.0114. The predicted octanol–water partition coefficient (Wildman–Crippen LogP) is 1.97. The van der Waals surface area contributed by atoms with Gasteiger partial charge in [-0.15, -0.1) is 0 Å². The van der Waals surface area contributed by atoms with Gasteiger partial charge in [-0.25, -0.2) is 0 Å². The van der Waals surface area contributed by atoms with Gasteiger partial charge in [0.2, 0.25) is 5.91 Å². The van der Waals surface area contributed by atoms with Gasteiger partial charge in [0.1, 0.15) is 5.75 Å². The van der Waals surface area contributed by atoms with Crippen molar-refractivity contribution in [1.82, 2.24) is 4.90 Å².